The predicted octanol–water partition coefficient (Wildman–Crippen LogP) is 1.36. The van der Waals surface area contributed by atoms with Crippen LogP contribution < -0.4 is 0 Å². The van der Waals surface area contributed by atoms with E-state index in [9.17, 15) is 4.79 Å². The third kappa shape index (κ3) is 4.24. The van der Waals surface area contributed by atoms with Crippen LogP contribution in [-0.4, -0.2) is 55.0 Å². The lowest BCUT2D eigenvalue weighted by Crippen LogP contribution is -2.41. The maximum absolute atomic E-state index is 11.8. The topological polar surface area (TPSA) is 23.6 Å². The Labute approximate surface area is 88.6 Å². The molecule has 3 nitrogen and oxygen atoms in total. The molecule has 1 atom stereocenters. The maximum atomic E-state index is 11.8. The summed E-state index contributed by atoms with van der Waals surface area (Å²) in [4.78, 5) is 15.4. The van der Waals surface area contributed by atoms with Crippen molar-refractivity contribution in [3.05, 3.63) is 0 Å². The van der Waals surface area contributed by atoms with Gasteiger partial charge in [-0.15, -0.1) is 0 Å². The second-order valence-corrected chi connectivity index (χ2v) is 5.48. The lowest BCUT2D eigenvalue weighted by molar-refractivity contribution is -0.131. The van der Waals surface area contributed by atoms with Crippen LogP contribution >= 0.6 is 21.6 Å². The van der Waals surface area contributed by atoms with Gasteiger partial charge in [0.2, 0.25) is 0 Å². The standard InChI is InChI=1S/C8H18N2OS2/c1-6-10(4)7(11)8(9(2)3)13-12-5/h8H,6H2,1-5H3. The Balaban J connectivity index is 4.27. The Bertz CT molecular complexity index is 164. The smallest absolute Gasteiger partial charge is 0.250 e. The minimum absolute atomic E-state index is 0.0695. The Morgan fingerprint density at radius 2 is 1.92 bits per heavy atom. The SMILES string of the molecule is CCN(C)C(=O)C(SSC)N(C)C. The van der Waals surface area contributed by atoms with E-state index in [0.717, 1.165) is 6.54 Å². The van der Waals surface area contributed by atoms with E-state index in [1.165, 1.54) is 0 Å². The molecule has 13 heavy (non-hydrogen) atoms. The number of carbonyl (C=O) groups is 1. The van der Waals surface area contributed by atoms with Crippen molar-refractivity contribution in [2.75, 3.05) is 33.9 Å². The number of hydrogen-bond donors (Lipinski definition) is 0. The molecule has 0 aromatic heterocycles. The minimum atomic E-state index is -0.0695. The molecule has 0 rings (SSSR count). The molecule has 0 saturated carbocycles. The summed E-state index contributed by atoms with van der Waals surface area (Å²) in [5.41, 5.74) is 0. The van der Waals surface area contributed by atoms with Crippen LogP contribution in [0.15, 0.2) is 0 Å². The highest BCUT2D eigenvalue weighted by atomic mass is 33.1. The van der Waals surface area contributed by atoms with Gasteiger partial charge in [0.1, 0.15) is 5.37 Å². The summed E-state index contributed by atoms with van der Waals surface area (Å²) >= 11 is 0. The van der Waals surface area contributed by atoms with Crippen LogP contribution in [0.25, 0.3) is 0 Å². The number of rotatable bonds is 5. The molecule has 0 aromatic rings. The predicted molar refractivity (Wildman–Crippen MR) is 61.9 cm³/mol. The van der Waals surface area contributed by atoms with E-state index in [1.807, 2.05) is 39.2 Å². The summed E-state index contributed by atoms with van der Waals surface area (Å²) in [5, 5.41) is -0.0695. The number of hydrogen-bond acceptors (Lipinski definition) is 4. The fraction of sp³-hybridized carbons (Fsp3) is 0.875. The molecule has 78 valence electrons. The molecule has 1 unspecified atom stereocenters. The molecule has 0 saturated heterocycles. The third-order valence-electron chi connectivity index (χ3n) is 1.72. The first-order chi connectivity index (χ1) is 6.04. The van der Waals surface area contributed by atoms with Crippen molar-refractivity contribution < 1.29 is 4.79 Å². The molecule has 0 N–H and O–H groups in total. The normalized spacial score (nSPS) is 13.1. The van der Waals surface area contributed by atoms with Gasteiger partial charge in [0.05, 0.1) is 0 Å². The van der Waals surface area contributed by atoms with Crippen molar-refractivity contribution in [2.45, 2.75) is 12.3 Å². The van der Waals surface area contributed by atoms with Crippen molar-refractivity contribution >= 4 is 27.5 Å². The Morgan fingerprint density at radius 3 is 2.23 bits per heavy atom. The Morgan fingerprint density at radius 1 is 1.38 bits per heavy atom. The molecule has 0 aliphatic rings. The first-order valence-corrected chi connectivity index (χ1v) is 6.77. The van der Waals surface area contributed by atoms with Crippen LogP contribution in [0.1, 0.15) is 6.92 Å². The minimum Gasteiger partial charge on any atom is -0.344 e. The third-order valence-corrected chi connectivity index (χ3v) is 3.84. The van der Waals surface area contributed by atoms with E-state index in [2.05, 4.69) is 0 Å². The lowest BCUT2D eigenvalue weighted by atomic mass is 10.4. The van der Waals surface area contributed by atoms with Crippen LogP contribution in [-0.2, 0) is 4.79 Å². The highest BCUT2D eigenvalue weighted by Crippen LogP contribution is 2.26. The van der Waals surface area contributed by atoms with Gasteiger partial charge in [0.15, 0.2) is 0 Å². The number of nitrogens with zero attached hydrogens (tertiary/aromatic N) is 2. The summed E-state index contributed by atoms with van der Waals surface area (Å²) < 4.78 is 0. The molecule has 0 radical (unpaired) electrons. The van der Waals surface area contributed by atoms with Gasteiger partial charge in [-0.3, -0.25) is 9.69 Å². The molecule has 5 heteroatoms. The average molecular weight is 222 g/mol. The number of carbonyl (C=O) groups excluding carboxylic acids is 1. The van der Waals surface area contributed by atoms with Crippen molar-refractivity contribution in [1.82, 2.24) is 9.80 Å². The molecule has 0 aromatic carbocycles. The van der Waals surface area contributed by atoms with E-state index >= 15 is 0 Å². The molecule has 0 heterocycles. The molecule has 0 aliphatic carbocycles. The lowest BCUT2D eigenvalue weighted by Gasteiger charge is -2.26. The molecule has 0 aliphatic heterocycles. The molecule has 1 amide bonds. The highest BCUT2D eigenvalue weighted by Gasteiger charge is 2.23. The molecule has 0 bridgehead atoms. The molecular formula is C8H18N2OS2. The van der Waals surface area contributed by atoms with E-state index in [4.69, 9.17) is 0 Å². The van der Waals surface area contributed by atoms with Crippen LogP contribution in [0.5, 0.6) is 0 Å². The fourth-order valence-electron chi connectivity index (χ4n) is 0.784. The largest absolute Gasteiger partial charge is 0.344 e. The molecule has 0 spiro atoms. The van der Waals surface area contributed by atoms with Gasteiger partial charge in [-0.25, -0.2) is 0 Å². The van der Waals surface area contributed by atoms with E-state index < -0.39 is 0 Å². The van der Waals surface area contributed by atoms with Crippen LogP contribution in [0.3, 0.4) is 0 Å². The monoisotopic (exact) mass is 222 g/mol. The fourth-order valence-corrected chi connectivity index (χ4v) is 2.71. The summed E-state index contributed by atoms with van der Waals surface area (Å²) in [7, 11) is 8.89. The summed E-state index contributed by atoms with van der Waals surface area (Å²) in [6.07, 6.45) is 1.99. The number of amides is 1. The zero-order valence-electron chi connectivity index (χ0n) is 8.90. The van der Waals surface area contributed by atoms with Gasteiger partial charge in [0, 0.05) is 13.6 Å². The zero-order valence-corrected chi connectivity index (χ0v) is 10.5. The second-order valence-electron chi connectivity index (χ2n) is 2.93. The van der Waals surface area contributed by atoms with E-state index in [-0.39, 0.29) is 11.3 Å². The van der Waals surface area contributed by atoms with Gasteiger partial charge in [-0.05, 0) is 27.3 Å². The summed E-state index contributed by atoms with van der Waals surface area (Å²) in [6.45, 7) is 2.74. The highest BCUT2D eigenvalue weighted by molar-refractivity contribution is 8.76. The van der Waals surface area contributed by atoms with Crippen LogP contribution in [0, 0.1) is 0 Å². The van der Waals surface area contributed by atoms with Crippen molar-refractivity contribution in [3.8, 4) is 0 Å². The first-order valence-electron chi connectivity index (χ1n) is 4.15. The van der Waals surface area contributed by atoms with Gasteiger partial charge >= 0.3 is 0 Å². The maximum Gasteiger partial charge on any atom is 0.250 e. The van der Waals surface area contributed by atoms with Crippen molar-refractivity contribution in [3.63, 3.8) is 0 Å². The Hall–Kier alpha value is 0.130. The molecule has 0 fully saturated rings. The zero-order chi connectivity index (χ0) is 10.4. The van der Waals surface area contributed by atoms with Crippen LogP contribution in [0.4, 0.5) is 0 Å². The summed E-state index contributed by atoms with van der Waals surface area (Å²) in [6, 6.07) is 0. The average Bonchev–Trinajstić information content (AvgIpc) is 2.11. The summed E-state index contributed by atoms with van der Waals surface area (Å²) in [5.74, 6) is 0.173. The quantitative estimate of drug-likeness (QED) is 0.518. The van der Waals surface area contributed by atoms with Crippen LogP contribution in [0.2, 0.25) is 0 Å². The van der Waals surface area contributed by atoms with Crippen molar-refractivity contribution in [1.29, 1.82) is 0 Å². The van der Waals surface area contributed by atoms with Gasteiger partial charge < -0.3 is 4.90 Å². The van der Waals surface area contributed by atoms with Crippen molar-refractivity contribution in [2.24, 2.45) is 0 Å². The van der Waals surface area contributed by atoms with Gasteiger partial charge in [-0.1, -0.05) is 21.6 Å². The van der Waals surface area contributed by atoms with Gasteiger partial charge in [-0.2, -0.15) is 0 Å². The number of likely N-dealkylation sites (N-methyl/N-ethyl adjacent to an activating group) is 2. The van der Waals surface area contributed by atoms with Gasteiger partial charge in [0.25, 0.3) is 5.91 Å². The molecular weight excluding hydrogens is 204 g/mol. The first kappa shape index (κ1) is 13.1. The second kappa shape index (κ2) is 6.56. The van der Waals surface area contributed by atoms with E-state index in [0.29, 0.717) is 0 Å². The Kier molecular flexibility index (Phi) is 6.63. The van der Waals surface area contributed by atoms with E-state index in [1.54, 1.807) is 26.5 Å².